The molecule has 0 aliphatic heterocycles. The van der Waals surface area contributed by atoms with Gasteiger partial charge in [0, 0.05) is 35.6 Å². The van der Waals surface area contributed by atoms with Crippen LogP contribution < -0.4 is 5.32 Å². The summed E-state index contributed by atoms with van der Waals surface area (Å²) < 4.78 is 26.3. The Labute approximate surface area is 105 Å². The number of rotatable bonds is 2. The summed E-state index contributed by atoms with van der Waals surface area (Å²) in [6.07, 6.45) is 3.29. The van der Waals surface area contributed by atoms with Gasteiger partial charge in [-0.15, -0.1) is 0 Å². The molecule has 2 aromatic heterocycles. The van der Waals surface area contributed by atoms with Crippen LogP contribution in [0.3, 0.4) is 0 Å². The molecule has 0 saturated heterocycles. The average Bonchev–Trinajstić information content (AvgIpc) is 2.83. The van der Waals surface area contributed by atoms with Gasteiger partial charge in [0.1, 0.15) is 5.65 Å². The first kappa shape index (κ1) is 11.4. The number of anilines is 2. The van der Waals surface area contributed by atoms with Crippen LogP contribution in [-0.2, 0) is 0 Å². The maximum atomic E-state index is 13.2. The molecule has 5 nitrogen and oxygen atoms in total. The lowest BCUT2D eigenvalue weighted by Crippen LogP contribution is -1.98. The van der Waals surface area contributed by atoms with Crippen molar-refractivity contribution in [2.24, 2.45) is 0 Å². The van der Waals surface area contributed by atoms with Crippen molar-refractivity contribution in [3.63, 3.8) is 0 Å². The molecule has 0 spiro atoms. The van der Waals surface area contributed by atoms with Crippen LogP contribution in [0.1, 0.15) is 0 Å². The molecule has 0 aliphatic rings. The van der Waals surface area contributed by atoms with Crippen molar-refractivity contribution in [3.05, 3.63) is 42.2 Å². The molecule has 3 aromatic rings. The number of halogens is 2. The third-order valence-corrected chi connectivity index (χ3v) is 2.57. The lowest BCUT2D eigenvalue weighted by atomic mass is 10.3. The fourth-order valence-electron chi connectivity index (χ4n) is 1.67. The standard InChI is InChI=1S/C12H8F2N4O/c13-8-3-7(4-9(14)10(8)19)17-12-16-5-6-1-2-15-11(6)18-12/h1-5,19H,(H2,15,16,17,18). The number of phenolic OH excluding ortho intramolecular Hbond substituents is 1. The molecule has 19 heavy (non-hydrogen) atoms. The molecule has 0 fully saturated rings. The first-order valence-corrected chi connectivity index (χ1v) is 5.38. The van der Waals surface area contributed by atoms with Crippen LogP contribution in [0, 0.1) is 11.6 Å². The Hall–Kier alpha value is -2.70. The number of nitrogens with zero attached hydrogens (tertiary/aromatic N) is 2. The van der Waals surface area contributed by atoms with E-state index in [0.29, 0.717) is 5.65 Å². The second-order valence-electron chi connectivity index (χ2n) is 3.89. The molecule has 3 rings (SSSR count). The minimum absolute atomic E-state index is 0.110. The van der Waals surface area contributed by atoms with Crippen molar-refractivity contribution in [1.29, 1.82) is 0 Å². The van der Waals surface area contributed by atoms with E-state index in [1.165, 1.54) is 0 Å². The second kappa shape index (κ2) is 4.20. The van der Waals surface area contributed by atoms with E-state index in [-0.39, 0.29) is 11.6 Å². The number of hydrogen-bond donors (Lipinski definition) is 3. The first-order chi connectivity index (χ1) is 9.13. The fraction of sp³-hybridized carbons (Fsp3) is 0. The summed E-state index contributed by atoms with van der Waals surface area (Å²) in [7, 11) is 0. The smallest absolute Gasteiger partial charge is 0.229 e. The lowest BCUT2D eigenvalue weighted by Gasteiger charge is -2.06. The SMILES string of the molecule is Oc1c(F)cc(Nc2ncc3cc[nH]c3n2)cc1F. The summed E-state index contributed by atoms with van der Waals surface area (Å²) in [5, 5.41) is 12.5. The van der Waals surface area contributed by atoms with Crippen LogP contribution in [0.2, 0.25) is 0 Å². The van der Waals surface area contributed by atoms with E-state index >= 15 is 0 Å². The summed E-state index contributed by atoms with van der Waals surface area (Å²) in [5.41, 5.74) is 0.718. The molecule has 0 atom stereocenters. The topological polar surface area (TPSA) is 73.8 Å². The van der Waals surface area contributed by atoms with E-state index in [1.54, 1.807) is 18.5 Å². The number of phenols is 1. The molecule has 0 aliphatic carbocycles. The van der Waals surface area contributed by atoms with Gasteiger partial charge in [-0.2, -0.15) is 4.98 Å². The molecular weight excluding hydrogens is 254 g/mol. The molecule has 2 heterocycles. The quantitative estimate of drug-likeness (QED) is 0.621. The molecule has 0 radical (unpaired) electrons. The average molecular weight is 262 g/mol. The van der Waals surface area contributed by atoms with Gasteiger partial charge in [-0.3, -0.25) is 0 Å². The minimum atomic E-state index is -1.05. The van der Waals surface area contributed by atoms with Crippen molar-refractivity contribution >= 4 is 22.7 Å². The summed E-state index contributed by atoms with van der Waals surface area (Å²) >= 11 is 0. The Bertz CT molecular complexity index is 733. The largest absolute Gasteiger partial charge is 0.503 e. The third-order valence-electron chi connectivity index (χ3n) is 2.57. The third kappa shape index (κ3) is 2.05. The number of aromatic hydroxyl groups is 1. The summed E-state index contributed by atoms with van der Waals surface area (Å²) in [4.78, 5) is 11.0. The maximum Gasteiger partial charge on any atom is 0.229 e. The van der Waals surface area contributed by atoms with Crippen molar-refractivity contribution in [1.82, 2.24) is 15.0 Å². The van der Waals surface area contributed by atoms with Crippen molar-refractivity contribution < 1.29 is 13.9 Å². The number of aromatic nitrogens is 3. The van der Waals surface area contributed by atoms with Crippen LogP contribution in [0.15, 0.2) is 30.6 Å². The van der Waals surface area contributed by atoms with Gasteiger partial charge in [0.05, 0.1) is 0 Å². The predicted octanol–water partition coefficient (Wildman–Crippen LogP) is 2.69. The van der Waals surface area contributed by atoms with Crippen LogP contribution in [0.4, 0.5) is 20.4 Å². The molecule has 0 bridgehead atoms. The molecule has 0 amide bonds. The van der Waals surface area contributed by atoms with Crippen molar-refractivity contribution in [2.45, 2.75) is 0 Å². The number of benzene rings is 1. The van der Waals surface area contributed by atoms with E-state index in [0.717, 1.165) is 17.5 Å². The molecular formula is C12H8F2N4O. The van der Waals surface area contributed by atoms with Gasteiger partial charge in [-0.05, 0) is 6.07 Å². The van der Waals surface area contributed by atoms with E-state index in [2.05, 4.69) is 20.3 Å². The Morgan fingerprint density at radius 2 is 1.95 bits per heavy atom. The molecule has 7 heteroatoms. The van der Waals surface area contributed by atoms with E-state index in [1.807, 2.05) is 0 Å². The number of H-pyrrole nitrogens is 1. The summed E-state index contributed by atoms with van der Waals surface area (Å²) in [6.45, 7) is 0. The highest BCUT2D eigenvalue weighted by atomic mass is 19.1. The minimum Gasteiger partial charge on any atom is -0.503 e. The zero-order valence-electron chi connectivity index (χ0n) is 9.48. The molecule has 0 saturated carbocycles. The number of nitrogens with one attached hydrogen (secondary N) is 2. The van der Waals surface area contributed by atoms with E-state index in [9.17, 15) is 8.78 Å². The van der Waals surface area contributed by atoms with Crippen LogP contribution in [0.25, 0.3) is 11.0 Å². The highest BCUT2D eigenvalue weighted by Gasteiger charge is 2.10. The van der Waals surface area contributed by atoms with Crippen LogP contribution in [0.5, 0.6) is 5.75 Å². The predicted molar refractivity (Wildman–Crippen MR) is 65.2 cm³/mol. The number of fused-ring (bicyclic) bond motifs is 1. The van der Waals surface area contributed by atoms with Gasteiger partial charge in [-0.1, -0.05) is 0 Å². The van der Waals surface area contributed by atoms with Crippen molar-refractivity contribution in [2.75, 3.05) is 5.32 Å². The van der Waals surface area contributed by atoms with Gasteiger partial charge in [0.15, 0.2) is 17.4 Å². The van der Waals surface area contributed by atoms with E-state index < -0.39 is 17.4 Å². The number of aromatic amines is 1. The monoisotopic (exact) mass is 262 g/mol. The Balaban J connectivity index is 1.96. The highest BCUT2D eigenvalue weighted by Crippen LogP contribution is 2.25. The van der Waals surface area contributed by atoms with Gasteiger partial charge in [-0.25, -0.2) is 13.8 Å². The normalized spacial score (nSPS) is 10.8. The van der Waals surface area contributed by atoms with Crippen molar-refractivity contribution in [3.8, 4) is 5.75 Å². The molecule has 1 aromatic carbocycles. The first-order valence-electron chi connectivity index (χ1n) is 5.38. The Morgan fingerprint density at radius 1 is 1.21 bits per heavy atom. The molecule has 3 N–H and O–H groups in total. The zero-order chi connectivity index (χ0) is 13.4. The number of hydrogen-bond acceptors (Lipinski definition) is 4. The molecule has 0 unspecified atom stereocenters. The second-order valence-corrected chi connectivity index (χ2v) is 3.89. The van der Waals surface area contributed by atoms with Crippen LogP contribution in [-0.4, -0.2) is 20.1 Å². The van der Waals surface area contributed by atoms with Gasteiger partial charge < -0.3 is 15.4 Å². The lowest BCUT2D eigenvalue weighted by molar-refractivity contribution is 0.396. The maximum absolute atomic E-state index is 13.2. The van der Waals surface area contributed by atoms with Crippen LogP contribution >= 0.6 is 0 Å². The van der Waals surface area contributed by atoms with Gasteiger partial charge in [0.2, 0.25) is 5.95 Å². The fourth-order valence-corrected chi connectivity index (χ4v) is 1.67. The summed E-state index contributed by atoms with van der Waals surface area (Å²) in [6, 6.07) is 3.72. The van der Waals surface area contributed by atoms with Gasteiger partial charge in [0.25, 0.3) is 0 Å². The van der Waals surface area contributed by atoms with Gasteiger partial charge >= 0.3 is 0 Å². The molecule has 96 valence electrons. The Morgan fingerprint density at radius 3 is 2.68 bits per heavy atom. The summed E-state index contributed by atoms with van der Waals surface area (Å²) in [5.74, 6) is -2.92. The Kier molecular flexibility index (Phi) is 2.52. The zero-order valence-corrected chi connectivity index (χ0v) is 9.48. The highest BCUT2D eigenvalue weighted by molar-refractivity contribution is 5.75. The van der Waals surface area contributed by atoms with E-state index in [4.69, 9.17) is 5.11 Å².